The van der Waals surface area contributed by atoms with Gasteiger partial charge in [-0.2, -0.15) is 0 Å². The summed E-state index contributed by atoms with van der Waals surface area (Å²) in [5.41, 5.74) is 7.25. The van der Waals surface area contributed by atoms with Crippen LogP contribution in [0.1, 0.15) is 56.1 Å². The number of nitrogens with zero attached hydrogens (tertiary/aromatic N) is 3. The van der Waals surface area contributed by atoms with Crippen molar-refractivity contribution in [3.8, 4) is 0 Å². The van der Waals surface area contributed by atoms with Crippen molar-refractivity contribution in [1.29, 1.82) is 0 Å². The minimum atomic E-state index is 0.0678. The minimum Gasteiger partial charge on any atom is -0.329 e. The van der Waals surface area contributed by atoms with Crippen LogP contribution in [0.25, 0.3) is 0 Å². The molecule has 2 aliphatic rings. The maximum absolute atomic E-state index is 6.31. The van der Waals surface area contributed by atoms with Crippen LogP contribution in [-0.2, 0) is 6.54 Å². The van der Waals surface area contributed by atoms with Crippen LogP contribution in [0.3, 0.4) is 0 Å². The molecule has 2 N–H and O–H groups in total. The van der Waals surface area contributed by atoms with Gasteiger partial charge in [0, 0.05) is 18.5 Å². The highest BCUT2D eigenvalue weighted by molar-refractivity contribution is 6.30. The van der Waals surface area contributed by atoms with E-state index in [0.717, 1.165) is 31.6 Å². The molecule has 4 nitrogen and oxygen atoms in total. The van der Waals surface area contributed by atoms with Gasteiger partial charge in [-0.3, -0.25) is 0 Å². The maximum Gasteiger partial charge on any atom is 0.152 e. The predicted octanol–water partition coefficient (Wildman–Crippen LogP) is 2.53. The smallest absolute Gasteiger partial charge is 0.152 e. The SMILES string of the molecule is CCN1CCC(c2nc(Cl)c3n2CCCC3N)CC1. The van der Waals surface area contributed by atoms with Crippen molar-refractivity contribution < 1.29 is 0 Å². The van der Waals surface area contributed by atoms with Gasteiger partial charge in [0.15, 0.2) is 5.15 Å². The molecule has 0 saturated carbocycles. The van der Waals surface area contributed by atoms with E-state index in [-0.39, 0.29) is 6.04 Å². The number of halogens is 1. The maximum atomic E-state index is 6.31. The average molecular weight is 283 g/mol. The number of piperidine rings is 1. The molecule has 1 fully saturated rings. The average Bonchev–Trinajstić information content (AvgIpc) is 2.78. The normalized spacial score (nSPS) is 25.5. The quantitative estimate of drug-likeness (QED) is 0.907. The molecule has 1 unspecified atom stereocenters. The highest BCUT2D eigenvalue weighted by atomic mass is 35.5. The number of hydrogen-bond donors (Lipinski definition) is 1. The topological polar surface area (TPSA) is 47.1 Å². The molecule has 19 heavy (non-hydrogen) atoms. The summed E-state index contributed by atoms with van der Waals surface area (Å²) in [6.45, 7) is 6.76. The van der Waals surface area contributed by atoms with Crippen molar-refractivity contribution in [3.05, 3.63) is 16.7 Å². The van der Waals surface area contributed by atoms with Crippen LogP contribution in [0.4, 0.5) is 0 Å². The first-order chi connectivity index (χ1) is 9.20. The van der Waals surface area contributed by atoms with E-state index in [9.17, 15) is 0 Å². The number of rotatable bonds is 2. The van der Waals surface area contributed by atoms with Crippen molar-refractivity contribution in [2.24, 2.45) is 5.73 Å². The molecular weight excluding hydrogens is 260 g/mol. The molecule has 5 heteroatoms. The van der Waals surface area contributed by atoms with Gasteiger partial charge in [-0.1, -0.05) is 18.5 Å². The first-order valence-electron chi connectivity index (χ1n) is 7.44. The Kier molecular flexibility index (Phi) is 3.83. The molecule has 1 atom stereocenters. The highest BCUT2D eigenvalue weighted by Crippen LogP contribution is 2.35. The lowest BCUT2D eigenvalue weighted by Gasteiger charge is -2.32. The summed E-state index contributed by atoms with van der Waals surface area (Å²) in [6, 6.07) is 0.0678. The van der Waals surface area contributed by atoms with Crippen LogP contribution in [-0.4, -0.2) is 34.1 Å². The van der Waals surface area contributed by atoms with Gasteiger partial charge in [0.05, 0.1) is 5.69 Å². The Labute approximate surface area is 119 Å². The number of imidazole rings is 1. The third-order valence-electron chi connectivity index (χ3n) is 4.64. The molecule has 0 amide bonds. The fourth-order valence-electron chi connectivity index (χ4n) is 3.47. The molecule has 0 bridgehead atoms. The molecule has 3 rings (SSSR count). The largest absolute Gasteiger partial charge is 0.329 e. The fraction of sp³-hybridized carbons (Fsp3) is 0.786. The summed E-state index contributed by atoms with van der Waals surface area (Å²) in [7, 11) is 0. The lowest BCUT2D eigenvalue weighted by atomic mass is 9.95. The molecule has 1 aromatic heterocycles. The molecule has 106 valence electrons. The van der Waals surface area contributed by atoms with Gasteiger partial charge in [0.25, 0.3) is 0 Å². The molecule has 0 aliphatic carbocycles. The monoisotopic (exact) mass is 282 g/mol. The van der Waals surface area contributed by atoms with Gasteiger partial charge in [-0.25, -0.2) is 4.98 Å². The van der Waals surface area contributed by atoms with Crippen molar-refractivity contribution >= 4 is 11.6 Å². The Hall–Kier alpha value is -0.580. The van der Waals surface area contributed by atoms with E-state index in [2.05, 4.69) is 21.4 Å². The van der Waals surface area contributed by atoms with Gasteiger partial charge < -0.3 is 15.2 Å². The standard InChI is InChI=1S/C14H23ClN4/c1-2-18-8-5-10(6-9-18)14-17-13(15)12-11(16)4-3-7-19(12)14/h10-11H,2-9,16H2,1H3. The van der Waals surface area contributed by atoms with E-state index < -0.39 is 0 Å². The summed E-state index contributed by atoms with van der Waals surface area (Å²) in [6.07, 6.45) is 4.55. The number of hydrogen-bond acceptors (Lipinski definition) is 3. The van der Waals surface area contributed by atoms with E-state index in [1.807, 2.05) is 0 Å². The van der Waals surface area contributed by atoms with E-state index in [0.29, 0.717) is 11.1 Å². The van der Waals surface area contributed by atoms with Crippen LogP contribution < -0.4 is 5.73 Å². The van der Waals surface area contributed by atoms with E-state index in [1.165, 1.54) is 31.8 Å². The number of fused-ring (bicyclic) bond motifs is 1. The molecule has 0 spiro atoms. The number of nitrogens with two attached hydrogens (primary N) is 1. The second kappa shape index (κ2) is 5.43. The minimum absolute atomic E-state index is 0.0678. The van der Waals surface area contributed by atoms with E-state index >= 15 is 0 Å². The summed E-state index contributed by atoms with van der Waals surface area (Å²) < 4.78 is 2.31. The summed E-state index contributed by atoms with van der Waals surface area (Å²) in [5.74, 6) is 1.74. The second-order valence-electron chi connectivity index (χ2n) is 5.75. The third kappa shape index (κ3) is 2.41. The number of likely N-dealkylation sites (tertiary alicyclic amines) is 1. The zero-order valence-electron chi connectivity index (χ0n) is 11.6. The molecule has 1 saturated heterocycles. The summed E-state index contributed by atoms with van der Waals surface area (Å²) >= 11 is 6.31. The van der Waals surface area contributed by atoms with Gasteiger partial charge in [0.2, 0.25) is 0 Å². The second-order valence-corrected chi connectivity index (χ2v) is 6.11. The Bertz CT molecular complexity index is 449. The Morgan fingerprint density at radius 1 is 1.26 bits per heavy atom. The van der Waals surface area contributed by atoms with E-state index in [4.69, 9.17) is 17.3 Å². The van der Waals surface area contributed by atoms with Gasteiger partial charge in [-0.05, 0) is 45.3 Å². The molecule has 1 aromatic rings. The fourth-order valence-corrected chi connectivity index (χ4v) is 3.79. The molecule has 3 heterocycles. The first kappa shape index (κ1) is 13.4. The molecular formula is C14H23ClN4. The van der Waals surface area contributed by atoms with E-state index in [1.54, 1.807) is 0 Å². The van der Waals surface area contributed by atoms with Gasteiger partial charge in [-0.15, -0.1) is 0 Å². The molecule has 2 aliphatic heterocycles. The Morgan fingerprint density at radius 2 is 2.00 bits per heavy atom. The number of aromatic nitrogens is 2. The Balaban J connectivity index is 1.84. The van der Waals surface area contributed by atoms with Crippen LogP contribution in [0.15, 0.2) is 0 Å². The van der Waals surface area contributed by atoms with Crippen LogP contribution >= 0.6 is 11.6 Å². The van der Waals surface area contributed by atoms with Gasteiger partial charge in [0.1, 0.15) is 5.82 Å². The van der Waals surface area contributed by atoms with Crippen LogP contribution in [0, 0.1) is 0 Å². The van der Waals surface area contributed by atoms with Crippen LogP contribution in [0.5, 0.6) is 0 Å². The lowest BCUT2D eigenvalue weighted by molar-refractivity contribution is 0.216. The Morgan fingerprint density at radius 3 is 2.68 bits per heavy atom. The first-order valence-corrected chi connectivity index (χ1v) is 7.82. The van der Waals surface area contributed by atoms with Crippen molar-refractivity contribution in [2.45, 2.75) is 51.1 Å². The molecule has 0 radical (unpaired) electrons. The highest BCUT2D eigenvalue weighted by Gasteiger charge is 2.30. The predicted molar refractivity (Wildman–Crippen MR) is 77.5 cm³/mol. The zero-order valence-corrected chi connectivity index (χ0v) is 12.4. The summed E-state index contributed by atoms with van der Waals surface area (Å²) in [4.78, 5) is 7.15. The third-order valence-corrected chi connectivity index (χ3v) is 4.92. The van der Waals surface area contributed by atoms with Gasteiger partial charge >= 0.3 is 0 Å². The molecule has 0 aromatic carbocycles. The van der Waals surface area contributed by atoms with Crippen LogP contribution in [0.2, 0.25) is 5.15 Å². The van der Waals surface area contributed by atoms with Crippen molar-refractivity contribution in [2.75, 3.05) is 19.6 Å². The summed E-state index contributed by atoms with van der Waals surface area (Å²) in [5, 5.41) is 0.639. The van der Waals surface area contributed by atoms with Crippen molar-refractivity contribution in [1.82, 2.24) is 14.5 Å². The lowest BCUT2D eigenvalue weighted by Crippen LogP contribution is -2.34. The van der Waals surface area contributed by atoms with Crippen molar-refractivity contribution in [3.63, 3.8) is 0 Å². The zero-order chi connectivity index (χ0) is 13.4.